The van der Waals surface area contributed by atoms with E-state index in [-0.39, 0.29) is 0 Å². The second kappa shape index (κ2) is 6.18. The lowest BCUT2D eigenvalue weighted by atomic mass is 10.1. The van der Waals surface area contributed by atoms with E-state index in [1.54, 1.807) is 0 Å². The standard InChI is InChI=1S/C16H26N4O/c1-4-6-14-18-15(17-3)11(2)16(19-14)20-9-10-21-13-8-5-7-12(13)20/h12-13H,4-10H2,1-3H3,(H,17,18,19). The van der Waals surface area contributed by atoms with Crippen LogP contribution in [0.25, 0.3) is 0 Å². The predicted octanol–water partition coefficient (Wildman–Crippen LogP) is 2.54. The van der Waals surface area contributed by atoms with E-state index in [2.05, 4.69) is 29.0 Å². The van der Waals surface area contributed by atoms with Crippen molar-refractivity contribution >= 4 is 11.6 Å². The smallest absolute Gasteiger partial charge is 0.137 e. The van der Waals surface area contributed by atoms with E-state index in [1.165, 1.54) is 19.3 Å². The Morgan fingerprint density at radius 2 is 2.19 bits per heavy atom. The van der Waals surface area contributed by atoms with E-state index in [1.807, 2.05) is 7.05 Å². The van der Waals surface area contributed by atoms with Crippen LogP contribution in [0.4, 0.5) is 11.6 Å². The quantitative estimate of drug-likeness (QED) is 0.923. The molecule has 1 aliphatic heterocycles. The molecular weight excluding hydrogens is 264 g/mol. The third-order valence-electron chi connectivity index (χ3n) is 4.63. The van der Waals surface area contributed by atoms with Gasteiger partial charge in [-0.2, -0.15) is 0 Å². The fraction of sp³-hybridized carbons (Fsp3) is 0.750. The lowest BCUT2D eigenvalue weighted by Gasteiger charge is -2.39. The fourth-order valence-electron chi connectivity index (χ4n) is 3.60. The van der Waals surface area contributed by atoms with Gasteiger partial charge < -0.3 is 15.0 Å². The van der Waals surface area contributed by atoms with Crippen molar-refractivity contribution in [2.24, 2.45) is 0 Å². The van der Waals surface area contributed by atoms with Crippen molar-refractivity contribution in [2.45, 2.75) is 58.1 Å². The molecule has 0 bridgehead atoms. The average Bonchev–Trinajstić information content (AvgIpc) is 2.97. The van der Waals surface area contributed by atoms with Crippen LogP contribution in [0, 0.1) is 6.92 Å². The first-order valence-corrected chi connectivity index (χ1v) is 8.18. The molecule has 1 N–H and O–H groups in total. The van der Waals surface area contributed by atoms with Crippen molar-refractivity contribution in [2.75, 3.05) is 30.4 Å². The van der Waals surface area contributed by atoms with Gasteiger partial charge in [-0.1, -0.05) is 6.92 Å². The Morgan fingerprint density at radius 1 is 1.33 bits per heavy atom. The van der Waals surface area contributed by atoms with Gasteiger partial charge in [-0.3, -0.25) is 0 Å². The third kappa shape index (κ3) is 2.71. The SMILES string of the molecule is CCCc1nc(NC)c(C)c(N2CCOC3CCCC32)n1. The summed E-state index contributed by atoms with van der Waals surface area (Å²) in [5.74, 6) is 3.02. The summed E-state index contributed by atoms with van der Waals surface area (Å²) < 4.78 is 5.93. The molecule has 0 spiro atoms. The zero-order valence-electron chi connectivity index (χ0n) is 13.4. The van der Waals surface area contributed by atoms with E-state index >= 15 is 0 Å². The van der Waals surface area contributed by atoms with Gasteiger partial charge in [0.05, 0.1) is 18.8 Å². The molecule has 2 unspecified atom stereocenters. The van der Waals surface area contributed by atoms with Crippen molar-refractivity contribution in [1.29, 1.82) is 0 Å². The van der Waals surface area contributed by atoms with Crippen LogP contribution in [-0.2, 0) is 11.2 Å². The van der Waals surface area contributed by atoms with Gasteiger partial charge in [-0.15, -0.1) is 0 Å². The topological polar surface area (TPSA) is 50.3 Å². The summed E-state index contributed by atoms with van der Waals surface area (Å²) in [5.41, 5.74) is 1.16. The first-order valence-electron chi connectivity index (χ1n) is 8.18. The van der Waals surface area contributed by atoms with E-state index < -0.39 is 0 Å². The van der Waals surface area contributed by atoms with E-state index in [0.29, 0.717) is 12.1 Å². The van der Waals surface area contributed by atoms with Crippen molar-refractivity contribution in [3.63, 3.8) is 0 Å². The van der Waals surface area contributed by atoms with Gasteiger partial charge in [0.2, 0.25) is 0 Å². The molecule has 1 aromatic rings. The molecule has 0 amide bonds. The first kappa shape index (κ1) is 14.6. The molecule has 3 rings (SSSR count). The highest BCUT2D eigenvalue weighted by Gasteiger charge is 2.37. The van der Waals surface area contributed by atoms with E-state index in [0.717, 1.165) is 49.0 Å². The third-order valence-corrected chi connectivity index (χ3v) is 4.63. The maximum Gasteiger partial charge on any atom is 0.137 e. The van der Waals surface area contributed by atoms with Crippen molar-refractivity contribution < 1.29 is 4.74 Å². The number of hydrogen-bond acceptors (Lipinski definition) is 5. The summed E-state index contributed by atoms with van der Waals surface area (Å²) in [6, 6.07) is 0.492. The number of fused-ring (bicyclic) bond motifs is 1. The number of ether oxygens (including phenoxy) is 1. The van der Waals surface area contributed by atoms with Gasteiger partial charge in [-0.05, 0) is 32.6 Å². The number of aryl methyl sites for hydroxylation is 1. The molecule has 5 nitrogen and oxygen atoms in total. The molecule has 0 radical (unpaired) electrons. The Morgan fingerprint density at radius 3 is 2.95 bits per heavy atom. The Hall–Kier alpha value is -1.36. The van der Waals surface area contributed by atoms with Crippen LogP contribution in [0.3, 0.4) is 0 Å². The minimum atomic E-state index is 0.390. The zero-order valence-corrected chi connectivity index (χ0v) is 13.4. The first-order chi connectivity index (χ1) is 10.2. The molecule has 2 aliphatic rings. The highest BCUT2D eigenvalue weighted by molar-refractivity contribution is 5.59. The van der Waals surface area contributed by atoms with Gasteiger partial charge in [0.25, 0.3) is 0 Å². The Bertz CT molecular complexity index is 505. The number of rotatable bonds is 4. The van der Waals surface area contributed by atoms with E-state index in [9.17, 15) is 0 Å². The van der Waals surface area contributed by atoms with Crippen LogP contribution in [0.5, 0.6) is 0 Å². The number of anilines is 2. The summed E-state index contributed by atoms with van der Waals surface area (Å²) in [6.07, 6.45) is 6.05. The molecule has 2 fully saturated rings. The van der Waals surface area contributed by atoms with Crippen LogP contribution >= 0.6 is 0 Å². The molecule has 21 heavy (non-hydrogen) atoms. The molecule has 1 aliphatic carbocycles. The van der Waals surface area contributed by atoms with Gasteiger partial charge in [0, 0.05) is 25.6 Å². The number of aromatic nitrogens is 2. The zero-order chi connectivity index (χ0) is 14.8. The molecule has 116 valence electrons. The highest BCUT2D eigenvalue weighted by atomic mass is 16.5. The van der Waals surface area contributed by atoms with E-state index in [4.69, 9.17) is 9.72 Å². The summed E-state index contributed by atoms with van der Waals surface area (Å²) in [7, 11) is 1.94. The van der Waals surface area contributed by atoms with Crippen molar-refractivity contribution in [3.8, 4) is 0 Å². The van der Waals surface area contributed by atoms with Crippen LogP contribution in [0.1, 0.15) is 44.0 Å². The molecule has 5 heteroatoms. The van der Waals surface area contributed by atoms with Gasteiger partial charge >= 0.3 is 0 Å². The van der Waals surface area contributed by atoms with Gasteiger partial charge in [0.1, 0.15) is 17.5 Å². The second-order valence-corrected chi connectivity index (χ2v) is 6.04. The lowest BCUT2D eigenvalue weighted by molar-refractivity contribution is 0.0252. The molecule has 1 saturated heterocycles. The second-order valence-electron chi connectivity index (χ2n) is 6.04. The number of hydrogen-bond donors (Lipinski definition) is 1. The summed E-state index contributed by atoms with van der Waals surface area (Å²) in [5, 5.41) is 3.22. The van der Waals surface area contributed by atoms with Crippen LogP contribution in [-0.4, -0.2) is 42.3 Å². The Labute approximate surface area is 127 Å². The highest BCUT2D eigenvalue weighted by Crippen LogP contribution is 2.35. The summed E-state index contributed by atoms with van der Waals surface area (Å²) in [4.78, 5) is 12.0. The normalized spacial score (nSPS) is 25.0. The van der Waals surface area contributed by atoms with Crippen molar-refractivity contribution in [1.82, 2.24) is 9.97 Å². The number of nitrogens with one attached hydrogen (secondary N) is 1. The lowest BCUT2D eigenvalue weighted by Crippen LogP contribution is -2.49. The maximum atomic E-state index is 5.93. The molecule has 2 atom stereocenters. The Kier molecular flexibility index (Phi) is 4.29. The minimum Gasteiger partial charge on any atom is -0.374 e. The maximum absolute atomic E-state index is 5.93. The average molecular weight is 290 g/mol. The summed E-state index contributed by atoms with van der Waals surface area (Å²) in [6.45, 7) is 6.04. The number of morpholine rings is 1. The Balaban J connectivity index is 1.97. The minimum absolute atomic E-state index is 0.390. The summed E-state index contributed by atoms with van der Waals surface area (Å²) >= 11 is 0. The molecule has 1 aromatic heterocycles. The van der Waals surface area contributed by atoms with Crippen molar-refractivity contribution in [3.05, 3.63) is 11.4 Å². The monoisotopic (exact) mass is 290 g/mol. The predicted molar refractivity (Wildman–Crippen MR) is 85.0 cm³/mol. The van der Waals surface area contributed by atoms with Gasteiger partial charge in [0.15, 0.2) is 0 Å². The van der Waals surface area contributed by atoms with Crippen LogP contribution < -0.4 is 10.2 Å². The molecule has 0 aromatic carbocycles. The van der Waals surface area contributed by atoms with Gasteiger partial charge in [-0.25, -0.2) is 9.97 Å². The number of nitrogens with zero attached hydrogens (tertiary/aromatic N) is 3. The molecule has 2 heterocycles. The fourth-order valence-corrected chi connectivity index (χ4v) is 3.60. The molecular formula is C16H26N4O. The molecule has 1 saturated carbocycles. The van der Waals surface area contributed by atoms with Crippen LogP contribution in [0.2, 0.25) is 0 Å². The largest absolute Gasteiger partial charge is 0.374 e. The van der Waals surface area contributed by atoms with Crippen LogP contribution in [0.15, 0.2) is 0 Å².